The Bertz CT molecular complexity index is 3520. The standard InChI is InChI=1S/C81H134O24S5/c1-49-5-44-76(72(45-49)80(85)53-12-22-59(23-13-53)104-63-30-38-67(39-31-63)110(97,98)99)106(86,87)68-40-43-75(71(48-68)79(84)52-10-20-58(21-11-52)103-62-28-36-66(37-29-62)109(94,95)96)105-74-42-15-55(47-70(74)78(83)51-8-18-57(19-9-51)102-61-26-34-65(35-27-61)108(91,92)93)81(2,3)54-14-41-73(100-4)69(46-54)77(82)50-6-16-56(17-7-50)101-60-24-32-64(33-25-60)107(88,89)90/h49-76,88-90H,5-48H2,1-4H3,(H,91,92,93)(H,94,95,96)(H,97,98,99). The van der Waals surface area contributed by atoms with E-state index in [1.54, 1.807) is 7.11 Å². The number of Topliss-reactive ketones (excluding diaryl/α,β-unsaturated/α-hetero) is 4. The molecule has 0 spiro atoms. The van der Waals surface area contributed by atoms with Gasteiger partial charge in [0.05, 0.1) is 110 Å². The highest BCUT2D eigenvalue weighted by Gasteiger charge is 2.55. The summed E-state index contributed by atoms with van der Waals surface area (Å²) < 4.78 is 202. The number of ether oxygens (including phenoxy) is 6. The predicted octanol–water partition coefficient (Wildman–Crippen LogP) is 14.7. The maximum Gasteiger partial charge on any atom is 0.267 e. The quantitative estimate of drug-likeness (QED) is 0.0416. The second-order valence-electron chi connectivity index (χ2n) is 37.5. The van der Waals surface area contributed by atoms with Crippen LogP contribution in [0.4, 0.5) is 0 Å². The van der Waals surface area contributed by atoms with Crippen LogP contribution in [0, 0.1) is 70.5 Å². The molecule has 24 nitrogen and oxygen atoms in total. The van der Waals surface area contributed by atoms with Crippen LogP contribution < -0.4 is 0 Å². The largest absolute Gasteiger partial charge is 0.381 e. The Morgan fingerprint density at radius 3 is 0.882 bits per heavy atom. The van der Waals surface area contributed by atoms with Crippen LogP contribution in [-0.2, 0) is 87.8 Å². The van der Waals surface area contributed by atoms with E-state index in [0.29, 0.717) is 231 Å². The summed E-state index contributed by atoms with van der Waals surface area (Å²) in [7, 11) is -18.4. The fourth-order valence-electron chi connectivity index (χ4n) is 23.5. The van der Waals surface area contributed by atoms with Crippen molar-refractivity contribution in [1.29, 1.82) is 0 Å². The lowest BCUT2D eigenvalue weighted by Crippen LogP contribution is -2.52. The molecule has 0 bridgehead atoms. The van der Waals surface area contributed by atoms with Crippen LogP contribution in [0.15, 0.2) is 0 Å². The molecule has 12 aliphatic rings. The van der Waals surface area contributed by atoms with Crippen molar-refractivity contribution in [2.45, 2.75) is 402 Å². The van der Waals surface area contributed by atoms with Gasteiger partial charge >= 0.3 is 0 Å². The van der Waals surface area contributed by atoms with Crippen molar-refractivity contribution in [2.24, 2.45) is 70.5 Å². The zero-order valence-electron chi connectivity index (χ0n) is 65.9. The van der Waals surface area contributed by atoms with Gasteiger partial charge in [0, 0.05) is 54.5 Å². The highest BCUT2D eigenvalue weighted by molar-refractivity contribution is 8.19. The van der Waals surface area contributed by atoms with Gasteiger partial charge in [0.15, 0.2) is 9.84 Å². The molecule has 0 amide bonds. The third-order valence-corrected chi connectivity index (χ3v) is 38.6. The number of ketones is 4. The first kappa shape index (κ1) is 87.7. The van der Waals surface area contributed by atoms with Gasteiger partial charge in [-0.2, -0.15) is 25.3 Å². The van der Waals surface area contributed by atoms with E-state index in [1.165, 1.54) is 0 Å². The smallest absolute Gasteiger partial charge is 0.267 e. The Morgan fingerprint density at radius 1 is 0.291 bits per heavy atom. The third-order valence-electron chi connectivity index (χ3n) is 30.5. The molecule has 12 aliphatic carbocycles. The van der Waals surface area contributed by atoms with E-state index >= 15 is 22.8 Å². The molecule has 12 rings (SSSR count). The fraction of sp³-hybridized carbons (Fsp3) is 0.951. The normalized spacial score (nSPS) is 41.7. The van der Waals surface area contributed by atoms with Crippen molar-refractivity contribution in [3.8, 4) is 0 Å². The molecular weight excluding hydrogens is 1520 g/mol. The first-order valence-electron chi connectivity index (χ1n) is 43.1. The van der Waals surface area contributed by atoms with E-state index in [-0.39, 0.29) is 144 Å². The molecule has 0 aliphatic heterocycles. The third kappa shape index (κ3) is 21.9. The lowest BCUT2D eigenvalue weighted by atomic mass is 9.56. The second-order valence-corrected chi connectivity index (χ2v) is 46.8. The number of methoxy groups -OCH3 is 1. The van der Waals surface area contributed by atoms with Crippen molar-refractivity contribution in [2.75, 3.05) is 7.11 Å². The van der Waals surface area contributed by atoms with Gasteiger partial charge in [-0.1, -0.05) is 20.8 Å². The highest BCUT2D eigenvalue weighted by Crippen LogP contribution is 2.55. The number of hydrogen-bond acceptors (Lipinski definition) is 21. The van der Waals surface area contributed by atoms with Gasteiger partial charge < -0.3 is 42.1 Å². The molecule has 0 aromatic rings. The SMILES string of the molecule is COC1CCC(C(C)(C)C2CCC(OC3CCC(S(=O)(=O)C4CCC(C)CC4C(=O)C4CCC(OC5CCC(S(=O)(=O)O)CC5)CC4)CC3C(=O)C3CCC(OC4CCC(S(=O)(=O)O)CC4)CC3)C(C(=O)C3CCC(OC4CCC(S(=O)(=O)O)CC4)CC3)C2)CC1C(=O)C1CCC(OC2CCC(S(O)(O)O)CC2)CC1. The van der Waals surface area contributed by atoms with Crippen molar-refractivity contribution in [3.63, 3.8) is 0 Å². The maximum absolute atomic E-state index is 15.9. The summed E-state index contributed by atoms with van der Waals surface area (Å²) in [4.78, 5) is 61.8. The number of sulfone groups is 1. The first-order valence-corrected chi connectivity index (χ1v) is 50.7. The average Bonchev–Trinajstić information content (AvgIpc) is 0.768. The Morgan fingerprint density at radius 2 is 0.564 bits per heavy atom. The van der Waals surface area contributed by atoms with Crippen LogP contribution in [0.1, 0.15) is 303 Å². The molecule has 632 valence electrons. The summed E-state index contributed by atoms with van der Waals surface area (Å²) in [5.74, 6) is -2.94. The van der Waals surface area contributed by atoms with E-state index in [1.807, 2.05) is 0 Å². The minimum absolute atomic E-state index is 0.00222. The number of carbonyl (C=O) groups is 4. The van der Waals surface area contributed by atoms with Gasteiger partial charge in [0.2, 0.25) is 0 Å². The maximum atomic E-state index is 15.9. The van der Waals surface area contributed by atoms with Crippen molar-refractivity contribution in [1.82, 2.24) is 0 Å². The second kappa shape index (κ2) is 37.3. The molecule has 0 heterocycles. The van der Waals surface area contributed by atoms with E-state index in [4.69, 9.17) is 28.4 Å². The lowest BCUT2D eigenvalue weighted by Gasteiger charge is -2.51. The Kier molecular flexibility index (Phi) is 29.7. The summed E-state index contributed by atoms with van der Waals surface area (Å²) in [6.07, 6.45) is 20.8. The number of rotatable bonds is 27. The molecule has 0 saturated heterocycles. The summed E-state index contributed by atoms with van der Waals surface area (Å²) in [5, 5.41) is -4.76. The highest BCUT2D eigenvalue weighted by atomic mass is 32.3. The van der Waals surface area contributed by atoms with Crippen LogP contribution in [-0.4, -0.2) is 190 Å². The molecular formula is C81H134O24S5. The first-order chi connectivity index (χ1) is 52.0. The summed E-state index contributed by atoms with van der Waals surface area (Å²) >= 11 is 0. The van der Waals surface area contributed by atoms with Gasteiger partial charge in [0.25, 0.3) is 30.4 Å². The topological polar surface area (TPSA) is 382 Å². The van der Waals surface area contributed by atoms with Crippen molar-refractivity contribution < 1.29 is 109 Å². The van der Waals surface area contributed by atoms with Crippen molar-refractivity contribution in [3.05, 3.63) is 0 Å². The van der Waals surface area contributed by atoms with Crippen LogP contribution in [0.5, 0.6) is 0 Å². The molecule has 12 unspecified atom stereocenters. The summed E-state index contributed by atoms with van der Waals surface area (Å²) in [6.45, 7) is 6.71. The minimum atomic E-state index is -4.16. The minimum Gasteiger partial charge on any atom is -0.381 e. The van der Waals surface area contributed by atoms with E-state index in [9.17, 15) is 57.4 Å². The predicted molar refractivity (Wildman–Crippen MR) is 417 cm³/mol. The molecule has 12 fully saturated rings. The zero-order valence-corrected chi connectivity index (χ0v) is 69.9. The Balaban J connectivity index is 0.750. The Hall–Kier alpha value is -1.65. The average molecular weight is 1650 g/mol. The molecule has 0 aromatic carbocycles. The zero-order chi connectivity index (χ0) is 78.8. The van der Waals surface area contributed by atoms with Gasteiger partial charge in [-0.15, -0.1) is 0 Å². The van der Waals surface area contributed by atoms with Crippen LogP contribution in [0.3, 0.4) is 0 Å². The molecule has 29 heteroatoms. The summed E-state index contributed by atoms with van der Waals surface area (Å²) in [5.41, 5.74) is -0.331. The molecule has 12 atom stereocenters. The molecule has 12 saturated carbocycles. The van der Waals surface area contributed by atoms with E-state index in [0.717, 1.165) is 32.1 Å². The Labute approximate surface area is 658 Å². The van der Waals surface area contributed by atoms with Crippen LogP contribution in [0.25, 0.3) is 0 Å². The monoisotopic (exact) mass is 1650 g/mol. The van der Waals surface area contributed by atoms with Crippen molar-refractivity contribution >= 4 is 74.2 Å². The summed E-state index contributed by atoms with van der Waals surface area (Å²) in [6, 6.07) is 0. The van der Waals surface area contributed by atoms with E-state index < -0.39 is 118 Å². The van der Waals surface area contributed by atoms with Crippen LogP contribution in [0.2, 0.25) is 0 Å². The van der Waals surface area contributed by atoms with Gasteiger partial charge in [-0.25, -0.2) is 8.42 Å². The fourth-order valence-corrected chi connectivity index (χ4v) is 29.6. The molecule has 6 N–H and O–H groups in total. The lowest BCUT2D eigenvalue weighted by molar-refractivity contribution is -0.156. The molecule has 0 radical (unpaired) electrons. The molecule has 0 aromatic heterocycles. The van der Waals surface area contributed by atoms with Gasteiger partial charge in [-0.05, 0) is 306 Å². The van der Waals surface area contributed by atoms with Gasteiger partial charge in [0.1, 0.15) is 23.1 Å². The molecule has 110 heavy (non-hydrogen) atoms. The number of hydrogen-bond donors (Lipinski definition) is 6. The van der Waals surface area contributed by atoms with Crippen LogP contribution >= 0.6 is 10.9 Å². The number of carbonyl (C=O) groups excluding carboxylic acids is 4. The van der Waals surface area contributed by atoms with Gasteiger partial charge in [-0.3, -0.25) is 32.8 Å². The van der Waals surface area contributed by atoms with E-state index in [2.05, 4.69) is 20.8 Å².